The summed E-state index contributed by atoms with van der Waals surface area (Å²) < 4.78 is 118. The van der Waals surface area contributed by atoms with E-state index in [1.165, 1.54) is 4.72 Å². The van der Waals surface area contributed by atoms with Crippen LogP contribution < -0.4 is 4.72 Å². The molecule has 2 fully saturated rings. The van der Waals surface area contributed by atoms with E-state index in [0.29, 0.717) is 0 Å². The second-order valence-corrected chi connectivity index (χ2v) is 11.3. The van der Waals surface area contributed by atoms with Gasteiger partial charge in [0.1, 0.15) is 24.4 Å². The molecule has 2 saturated heterocycles. The van der Waals surface area contributed by atoms with Gasteiger partial charge in [-0.15, -0.1) is 0 Å². The molecule has 0 aromatic rings. The van der Waals surface area contributed by atoms with Crippen LogP contribution in [0.1, 0.15) is 0 Å². The Balaban J connectivity index is 2.21. The first-order valence-corrected chi connectivity index (χ1v) is 14.2. The first-order valence-electron chi connectivity index (χ1n) is 10.1. The normalized spacial score (nSPS) is 37.1. The third kappa shape index (κ3) is 9.47. The summed E-state index contributed by atoms with van der Waals surface area (Å²) in [6, 6.07) is -1.87. The number of aliphatic hydroxyl groups excluding tert-OH is 4. The maximum atomic E-state index is 11.5. The van der Waals surface area contributed by atoms with Gasteiger partial charge in [0.2, 0.25) is 0 Å². The third-order valence-electron chi connectivity index (χ3n) is 5.31. The molecule has 0 radical (unpaired) electrons. The number of nitrogens with one attached hydrogen (secondary N) is 1. The lowest BCUT2D eigenvalue weighted by molar-refractivity contribution is -0.269. The average molecular weight is 624 g/mol. The lowest BCUT2D eigenvalue weighted by Gasteiger charge is -2.43. The molecule has 0 amide bonds. The minimum absolute atomic E-state index is 0.846. The SMILES string of the molecule is O=C(O)C1OC(O)C(OS(=O)(=O)O)C(O)C1COCC1OC(COS(=O)(=O)O)C(O)C(O)C1NS(=O)(=O)O. The molecule has 9 N–H and O–H groups in total. The van der Waals surface area contributed by atoms with E-state index in [-0.39, 0.29) is 0 Å². The first kappa shape index (κ1) is 33.0. The average Bonchev–Trinajstić information content (AvgIpc) is 2.74. The van der Waals surface area contributed by atoms with Crippen LogP contribution in [0.3, 0.4) is 0 Å². The number of aliphatic hydroxyl groups is 4. The Kier molecular flexibility index (Phi) is 10.9. The molecule has 0 spiro atoms. The van der Waals surface area contributed by atoms with Gasteiger partial charge in [-0.25, -0.2) is 13.2 Å². The molecule has 2 aliphatic heterocycles. The van der Waals surface area contributed by atoms with Crippen LogP contribution in [-0.2, 0) is 58.5 Å². The Morgan fingerprint density at radius 3 is 1.89 bits per heavy atom. The predicted molar refractivity (Wildman–Crippen MR) is 112 cm³/mol. The Labute approximate surface area is 214 Å². The molecule has 0 aliphatic carbocycles. The van der Waals surface area contributed by atoms with Gasteiger partial charge in [0, 0.05) is 5.92 Å². The number of ether oxygens (including phenoxy) is 3. The fourth-order valence-electron chi connectivity index (χ4n) is 3.71. The first-order chi connectivity index (χ1) is 17.2. The molecule has 24 heteroatoms. The van der Waals surface area contributed by atoms with Gasteiger partial charge in [-0.05, 0) is 0 Å². The fraction of sp³-hybridized carbons (Fsp3) is 0.929. The summed E-state index contributed by atoms with van der Waals surface area (Å²) in [5.74, 6) is -3.48. The molecule has 38 heavy (non-hydrogen) atoms. The van der Waals surface area contributed by atoms with Crippen LogP contribution in [0.2, 0.25) is 0 Å². The Hall–Kier alpha value is -1.20. The maximum absolute atomic E-state index is 11.5. The van der Waals surface area contributed by atoms with Crippen molar-refractivity contribution < 1.29 is 91.8 Å². The van der Waals surface area contributed by atoms with Crippen molar-refractivity contribution in [1.82, 2.24) is 4.72 Å². The van der Waals surface area contributed by atoms with Gasteiger partial charge < -0.3 is 39.7 Å². The van der Waals surface area contributed by atoms with E-state index in [1.54, 1.807) is 0 Å². The van der Waals surface area contributed by atoms with Crippen LogP contribution >= 0.6 is 0 Å². The van der Waals surface area contributed by atoms with Crippen molar-refractivity contribution >= 4 is 37.1 Å². The van der Waals surface area contributed by atoms with Crippen molar-refractivity contribution in [1.29, 1.82) is 0 Å². The molecule has 224 valence electrons. The molecule has 10 unspecified atom stereocenters. The minimum Gasteiger partial charge on any atom is -0.479 e. The molecule has 0 aromatic heterocycles. The van der Waals surface area contributed by atoms with E-state index in [9.17, 15) is 55.6 Å². The van der Waals surface area contributed by atoms with Gasteiger partial charge in [0.15, 0.2) is 18.5 Å². The Bertz CT molecular complexity index is 1140. The maximum Gasteiger partial charge on any atom is 0.397 e. The quantitative estimate of drug-likeness (QED) is 0.0913. The minimum atomic E-state index is -5.27. The van der Waals surface area contributed by atoms with Crippen molar-refractivity contribution in [3.05, 3.63) is 0 Å². The topological polar surface area (TPSA) is 340 Å². The van der Waals surface area contributed by atoms with Crippen LogP contribution in [0.15, 0.2) is 0 Å². The van der Waals surface area contributed by atoms with E-state index in [4.69, 9.17) is 27.9 Å². The van der Waals surface area contributed by atoms with Crippen LogP contribution in [0.4, 0.5) is 0 Å². The highest BCUT2D eigenvalue weighted by atomic mass is 32.3. The summed E-state index contributed by atoms with van der Waals surface area (Å²) in [4.78, 5) is 11.5. The van der Waals surface area contributed by atoms with E-state index < -0.39 is 118 Å². The smallest absolute Gasteiger partial charge is 0.397 e. The standard InChI is InChI=1S/C14H25NO20S3/c16-8-4(11(13(19)20)34-14(21)12(8)35-38(28,29)30)1-31-2-5-7(15-36(22,23)24)10(18)9(17)6(33-5)3-32-37(25,26)27/h4-12,14-18,21H,1-3H2,(H,19,20)(H,22,23,24)(H,25,26,27)(H,28,29,30). The van der Waals surface area contributed by atoms with Gasteiger partial charge in [-0.1, -0.05) is 0 Å². The Morgan fingerprint density at radius 2 is 1.39 bits per heavy atom. The lowest BCUT2D eigenvalue weighted by Crippen LogP contribution is -2.65. The largest absolute Gasteiger partial charge is 0.479 e. The second-order valence-electron chi connectivity index (χ2n) is 7.99. The van der Waals surface area contributed by atoms with Gasteiger partial charge in [0.25, 0.3) is 0 Å². The van der Waals surface area contributed by atoms with E-state index in [2.05, 4.69) is 8.37 Å². The molecule has 0 saturated carbocycles. The highest BCUT2D eigenvalue weighted by Crippen LogP contribution is 2.29. The van der Waals surface area contributed by atoms with Crippen molar-refractivity contribution in [3.63, 3.8) is 0 Å². The monoisotopic (exact) mass is 623 g/mol. The van der Waals surface area contributed by atoms with Crippen LogP contribution in [0.5, 0.6) is 0 Å². The number of aliphatic carboxylic acids is 1. The lowest BCUT2D eigenvalue weighted by atomic mass is 9.89. The second kappa shape index (κ2) is 12.5. The van der Waals surface area contributed by atoms with Crippen molar-refractivity contribution in [2.75, 3.05) is 19.8 Å². The molecule has 0 bridgehead atoms. The number of hydrogen-bond acceptors (Lipinski definition) is 16. The highest BCUT2D eigenvalue weighted by Gasteiger charge is 2.51. The molecular weight excluding hydrogens is 598 g/mol. The highest BCUT2D eigenvalue weighted by molar-refractivity contribution is 7.83. The van der Waals surface area contributed by atoms with Crippen LogP contribution in [0.25, 0.3) is 0 Å². The molecular formula is C14H25NO20S3. The molecule has 21 nitrogen and oxygen atoms in total. The zero-order valence-electron chi connectivity index (χ0n) is 18.6. The number of rotatable bonds is 12. The summed E-state index contributed by atoms with van der Waals surface area (Å²) in [7, 11) is -15.4. The van der Waals surface area contributed by atoms with Crippen LogP contribution in [0, 0.1) is 5.92 Å². The van der Waals surface area contributed by atoms with Gasteiger partial charge in [0.05, 0.1) is 32.0 Å². The summed E-state index contributed by atoms with van der Waals surface area (Å²) in [6.45, 7) is -2.81. The Morgan fingerprint density at radius 1 is 0.789 bits per heavy atom. The van der Waals surface area contributed by atoms with Gasteiger partial charge in [-0.2, -0.15) is 30.0 Å². The summed E-state index contributed by atoms with van der Waals surface area (Å²) in [5, 5.41) is 49.9. The molecule has 2 rings (SSSR count). The molecule has 2 heterocycles. The van der Waals surface area contributed by atoms with E-state index >= 15 is 0 Å². The summed E-state index contributed by atoms with van der Waals surface area (Å²) in [5.41, 5.74) is 0. The molecule has 10 atom stereocenters. The zero-order valence-corrected chi connectivity index (χ0v) is 21.0. The zero-order chi connectivity index (χ0) is 29.2. The third-order valence-corrected chi connectivity index (χ3v) is 6.78. The van der Waals surface area contributed by atoms with Gasteiger partial charge >= 0.3 is 37.1 Å². The van der Waals surface area contributed by atoms with E-state index in [1.807, 2.05) is 0 Å². The summed E-state index contributed by atoms with van der Waals surface area (Å²) in [6.07, 6.45) is -16.3. The fourth-order valence-corrected chi connectivity index (χ4v) is 5.14. The van der Waals surface area contributed by atoms with Crippen molar-refractivity contribution in [3.8, 4) is 0 Å². The van der Waals surface area contributed by atoms with Crippen molar-refractivity contribution in [2.24, 2.45) is 5.92 Å². The van der Waals surface area contributed by atoms with E-state index in [0.717, 1.165) is 0 Å². The van der Waals surface area contributed by atoms with Crippen molar-refractivity contribution in [2.45, 2.75) is 55.1 Å². The number of carboxylic acid groups (broad SMARTS) is 1. The number of carboxylic acids is 1. The molecule has 0 aromatic carbocycles. The predicted octanol–water partition coefficient (Wildman–Crippen LogP) is -5.96. The summed E-state index contributed by atoms with van der Waals surface area (Å²) >= 11 is 0. The van der Waals surface area contributed by atoms with Crippen LogP contribution in [-0.4, -0.2) is 145 Å². The number of carbonyl (C=O) groups is 1. The molecule has 2 aliphatic rings. The number of hydrogen-bond donors (Lipinski definition) is 9. The van der Waals surface area contributed by atoms with Gasteiger partial charge in [-0.3, -0.25) is 13.7 Å².